The predicted octanol–water partition coefficient (Wildman–Crippen LogP) is 1.74. The number of carbonyl (C=O) groups is 1. The molecule has 1 heterocycles. The highest BCUT2D eigenvalue weighted by atomic mass is 79.9. The van der Waals surface area contributed by atoms with Gasteiger partial charge in [0.25, 0.3) is 5.91 Å². The van der Waals surface area contributed by atoms with Crippen LogP contribution in [0, 0.1) is 0 Å². The molecule has 2 N–H and O–H groups in total. The minimum atomic E-state index is -0.501. The number of carbonyl (C=O) groups excluding carboxylic acids is 1. The number of nitrogens with zero attached hydrogens (tertiary/aromatic N) is 2. The monoisotopic (exact) mass is 303 g/mol. The lowest BCUT2D eigenvalue weighted by molar-refractivity contribution is 0.0996. The van der Waals surface area contributed by atoms with Crippen LogP contribution in [0.25, 0.3) is 0 Å². The zero-order valence-electron chi connectivity index (χ0n) is 9.24. The van der Waals surface area contributed by atoms with E-state index in [0.717, 1.165) is 22.5 Å². The summed E-state index contributed by atoms with van der Waals surface area (Å²) in [6, 6.07) is 1.85. The van der Waals surface area contributed by atoms with Crippen LogP contribution >= 0.6 is 27.7 Å². The Bertz CT molecular complexity index is 386. The highest BCUT2D eigenvalue weighted by Gasteiger charge is 2.13. The summed E-state index contributed by atoms with van der Waals surface area (Å²) in [6.07, 6.45) is 3.62. The molecule has 0 fully saturated rings. The van der Waals surface area contributed by atoms with Gasteiger partial charge in [-0.05, 0) is 28.3 Å². The first-order valence-electron chi connectivity index (χ1n) is 4.71. The van der Waals surface area contributed by atoms with E-state index in [1.54, 1.807) is 18.0 Å². The fourth-order valence-corrected chi connectivity index (χ4v) is 2.03. The molecule has 0 bridgehead atoms. The van der Waals surface area contributed by atoms with Crippen LogP contribution in [0.1, 0.15) is 10.5 Å². The molecule has 0 saturated heterocycles. The van der Waals surface area contributed by atoms with Crippen molar-refractivity contribution >= 4 is 39.3 Å². The quantitative estimate of drug-likeness (QED) is 0.900. The maximum atomic E-state index is 11.2. The Balaban J connectivity index is 2.99. The standard InChI is InChI=1S/C10H14BrN3OS/c1-14(3-4-16-2)8-5-7(11)6-13-9(8)10(12)15/h5-6H,3-4H2,1-2H3,(H2,12,15). The van der Waals surface area contributed by atoms with E-state index in [2.05, 4.69) is 20.9 Å². The van der Waals surface area contributed by atoms with Crippen molar-refractivity contribution in [3.8, 4) is 0 Å². The molecule has 0 unspecified atom stereocenters. The molecule has 0 aliphatic rings. The van der Waals surface area contributed by atoms with Gasteiger partial charge < -0.3 is 10.6 Å². The van der Waals surface area contributed by atoms with E-state index < -0.39 is 5.91 Å². The van der Waals surface area contributed by atoms with E-state index in [1.807, 2.05) is 24.3 Å². The summed E-state index contributed by atoms with van der Waals surface area (Å²) >= 11 is 5.09. The molecule has 0 aromatic carbocycles. The number of halogens is 1. The van der Waals surface area contributed by atoms with Crippen LogP contribution in [-0.4, -0.2) is 36.5 Å². The molecule has 0 radical (unpaired) electrons. The Morgan fingerprint density at radius 1 is 1.69 bits per heavy atom. The molecule has 4 nitrogen and oxygen atoms in total. The van der Waals surface area contributed by atoms with Gasteiger partial charge in [0, 0.05) is 30.0 Å². The van der Waals surface area contributed by atoms with Gasteiger partial charge in [-0.25, -0.2) is 4.98 Å². The minimum absolute atomic E-state index is 0.312. The third-order valence-corrected chi connectivity index (χ3v) is 3.13. The Kier molecular flexibility index (Phi) is 5.08. The molecule has 1 amide bonds. The lowest BCUT2D eigenvalue weighted by Gasteiger charge is -2.20. The molecule has 0 atom stereocenters. The summed E-state index contributed by atoms with van der Waals surface area (Å²) in [4.78, 5) is 17.2. The summed E-state index contributed by atoms with van der Waals surface area (Å²) in [5.41, 5.74) is 6.35. The smallest absolute Gasteiger partial charge is 0.269 e. The second-order valence-electron chi connectivity index (χ2n) is 3.30. The summed E-state index contributed by atoms with van der Waals surface area (Å²) in [6.45, 7) is 0.847. The maximum absolute atomic E-state index is 11.2. The second kappa shape index (κ2) is 6.10. The van der Waals surface area contributed by atoms with Crippen LogP contribution in [0.3, 0.4) is 0 Å². The molecular formula is C10H14BrN3OS. The molecule has 16 heavy (non-hydrogen) atoms. The lowest BCUT2D eigenvalue weighted by atomic mass is 10.2. The van der Waals surface area contributed by atoms with Crippen molar-refractivity contribution in [2.24, 2.45) is 5.73 Å². The van der Waals surface area contributed by atoms with Crippen LogP contribution in [0.2, 0.25) is 0 Å². The number of thioether (sulfide) groups is 1. The zero-order valence-corrected chi connectivity index (χ0v) is 11.6. The number of anilines is 1. The largest absolute Gasteiger partial charge is 0.372 e. The highest BCUT2D eigenvalue weighted by Crippen LogP contribution is 2.22. The average molecular weight is 304 g/mol. The van der Waals surface area contributed by atoms with Gasteiger partial charge in [-0.15, -0.1) is 0 Å². The number of aromatic nitrogens is 1. The van der Waals surface area contributed by atoms with E-state index in [9.17, 15) is 4.79 Å². The van der Waals surface area contributed by atoms with Crippen LogP contribution < -0.4 is 10.6 Å². The SMILES string of the molecule is CSCCN(C)c1cc(Br)cnc1C(N)=O. The summed E-state index contributed by atoms with van der Waals surface area (Å²) in [5, 5.41) is 0. The van der Waals surface area contributed by atoms with Gasteiger partial charge in [-0.3, -0.25) is 4.79 Å². The van der Waals surface area contributed by atoms with Gasteiger partial charge in [-0.2, -0.15) is 11.8 Å². The summed E-state index contributed by atoms with van der Waals surface area (Å²) in [7, 11) is 1.92. The zero-order chi connectivity index (χ0) is 12.1. The van der Waals surface area contributed by atoms with Crippen molar-refractivity contribution in [3.05, 3.63) is 22.4 Å². The second-order valence-corrected chi connectivity index (χ2v) is 5.20. The van der Waals surface area contributed by atoms with Gasteiger partial charge in [0.15, 0.2) is 5.69 Å². The summed E-state index contributed by atoms with van der Waals surface area (Å²) in [5.74, 6) is 0.486. The maximum Gasteiger partial charge on any atom is 0.269 e. The molecule has 0 spiro atoms. The van der Waals surface area contributed by atoms with Crippen LogP contribution in [0.5, 0.6) is 0 Å². The number of hydrogen-bond donors (Lipinski definition) is 1. The Labute approximate surface area is 108 Å². The van der Waals surface area contributed by atoms with Crippen LogP contribution in [0.15, 0.2) is 16.7 Å². The first-order chi connectivity index (χ1) is 7.56. The number of rotatable bonds is 5. The van der Waals surface area contributed by atoms with Crippen molar-refractivity contribution in [1.29, 1.82) is 0 Å². The average Bonchev–Trinajstić information content (AvgIpc) is 2.25. The minimum Gasteiger partial charge on any atom is -0.372 e. The molecule has 88 valence electrons. The molecular weight excluding hydrogens is 290 g/mol. The van der Waals surface area contributed by atoms with Gasteiger partial charge in [-0.1, -0.05) is 0 Å². The molecule has 0 saturated carbocycles. The van der Waals surface area contributed by atoms with E-state index in [1.165, 1.54) is 0 Å². The van der Waals surface area contributed by atoms with Gasteiger partial charge in [0.05, 0.1) is 5.69 Å². The highest BCUT2D eigenvalue weighted by molar-refractivity contribution is 9.10. The van der Waals surface area contributed by atoms with Crippen molar-refractivity contribution in [2.45, 2.75) is 0 Å². The van der Waals surface area contributed by atoms with Crippen molar-refractivity contribution in [3.63, 3.8) is 0 Å². The third kappa shape index (κ3) is 3.38. The van der Waals surface area contributed by atoms with E-state index in [0.29, 0.717) is 5.69 Å². The molecule has 6 heteroatoms. The molecule has 0 aliphatic heterocycles. The molecule has 1 aromatic heterocycles. The first kappa shape index (κ1) is 13.3. The van der Waals surface area contributed by atoms with Crippen molar-refractivity contribution in [2.75, 3.05) is 30.5 Å². The number of pyridine rings is 1. The number of nitrogens with two attached hydrogens (primary N) is 1. The van der Waals surface area contributed by atoms with Crippen LogP contribution in [0.4, 0.5) is 5.69 Å². The summed E-state index contributed by atoms with van der Waals surface area (Å²) < 4.78 is 0.837. The molecule has 0 aliphatic carbocycles. The number of hydrogen-bond acceptors (Lipinski definition) is 4. The van der Waals surface area contributed by atoms with Crippen molar-refractivity contribution in [1.82, 2.24) is 4.98 Å². The fraction of sp³-hybridized carbons (Fsp3) is 0.400. The molecule has 1 aromatic rings. The van der Waals surface area contributed by atoms with E-state index in [-0.39, 0.29) is 0 Å². The van der Waals surface area contributed by atoms with E-state index in [4.69, 9.17) is 5.73 Å². The Morgan fingerprint density at radius 2 is 2.38 bits per heavy atom. The lowest BCUT2D eigenvalue weighted by Crippen LogP contribution is -2.25. The van der Waals surface area contributed by atoms with Gasteiger partial charge in [0.1, 0.15) is 0 Å². The van der Waals surface area contributed by atoms with Gasteiger partial charge in [0.2, 0.25) is 0 Å². The molecule has 1 rings (SSSR count). The van der Waals surface area contributed by atoms with E-state index >= 15 is 0 Å². The first-order valence-corrected chi connectivity index (χ1v) is 6.90. The van der Waals surface area contributed by atoms with Gasteiger partial charge >= 0.3 is 0 Å². The topological polar surface area (TPSA) is 59.2 Å². The number of primary amides is 1. The normalized spacial score (nSPS) is 10.2. The van der Waals surface area contributed by atoms with Crippen molar-refractivity contribution < 1.29 is 4.79 Å². The Hall–Kier alpha value is -0.750. The van der Waals surface area contributed by atoms with Crippen LogP contribution in [-0.2, 0) is 0 Å². The third-order valence-electron chi connectivity index (χ3n) is 2.11. The number of amides is 1. The Morgan fingerprint density at radius 3 is 2.94 bits per heavy atom. The fourth-order valence-electron chi connectivity index (χ4n) is 1.26. The predicted molar refractivity (Wildman–Crippen MR) is 72.1 cm³/mol.